The molecule has 3 rings (SSSR count). The summed E-state index contributed by atoms with van der Waals surface area (Å²) < 4.78 is 0. The molecule has 0 aliphatic rings. The van der Waals surface area contributed by atoms with Gasteiger partial charge in [-0.3, -0.25) is 14.9 Å². The van der Waals surface area contributed by atoms with Gasteiger partial charge in [-0.1, -0.05) is 29.8 Å². The van der Waals surface area contributed by atoms with Crippen LogP contribution in [0.15, 0.2) is 46.5 Å². The maximum Gasteiger partial charge on any atom is 0.258 e. The van der Waals surface area contributed by atoms with Gasteiger partial charge < -0.3 is 5.32 Å². The summed E-state index contributed by atoms with van der Waals surface area (Å²) in [6.45, 7) is 0.365. The van der Waals surface area contributed by atoms with E-state index in [4.69, 9.17) is 11.6 Å². The zero-order valence-corrected chi connectivity index (χ0v) is 15.4. The Morgan fingerprint density at radius 1 is 1.16 bits per heavy atom. The van der Waals surface area contributed by atoms with Crippen LogP contribution in [0.1, 0.15) is 21.6 Å². The van der Waals surface area contributed by atoms with Crippen LogP contribution in [0.2, 0.25) is 5.02 Å². The van der Waals surface area contributed by atoms with Crippen molar-refractivity contribution < 1.29 is 9.59 Å². The zero-order chi connectivity index (χ0) is 17.6. The van der Waals surface area contributed by atoms with Gasteiger partial charge in [0.05, 0.1) is 17.7 Å². The van der Waals surface area contributed by atoms with Gasteiger partial charge in [0.2, 0.25) is 5.91 Å². The van der Waals surface area contributed by atoms with E-state index in [2.05, 4.69) is 15.6 Å². The van der Waals surface area contributed by atoms with Crippen LogP contribution in [-0.2, 0) is 17.8 Å². The van der Waals surface area contributed by atoms with E-state index in [0.717, 1.165) is 5.56 Å². The quantitative estimate of drug-likeness (QED) is 0.667. The fourth-order valence-corrected chi connectivity index (χ4v) is 3.61. The van der Waals surface area contributed by atoms with Gasteiger partial charge in [-0.2, -0.15) is 11.3 Å². The number of carbonyl (C=O) groups excluding carboxylic acids is 2. The predicted molar refractivity (Wildman–Crippen MR) is 101 cm³/mol. The van der Waals surface area contributed by atoms with Crippen LogP contribution in [-0.4, -0.2) is 16.8 Å². The van der Waals surface area contributed by atoms with Gasteiger partial charge in [-0.15, -0.1) is 11.3 Å². The lowest BCUT2D eigenvalue weighted by atomic mass is 10.2. The van der Waals surface area contributed by atoms with Crippen LogP contribution in [0.25, 0.3) is 0 Å². The van der Waals surface area contributed by atoms with Crippen molar-refractivity contribution >= 4 is 51.2 Å². The van der Waals surface area contributed by atoms with Crippen LogP contribution < -0.4 is 10.6 Å². The number of benzene rings is 1. The molecular formula is C17H14ClN3O2S2. The third-order valence-corrected chi connectivity index (χ3v) is 5.19. The minimum atomic E-state index is -0.203. The summed E-state index contributed by atoms with van der Waals surface area (Å²) >= 11 is 8.81. The Balaban J connectivity index is 1.51. The predicted octanol–water partition coefficient (Wildman–Crippen LogP) is 3.97. The molecule has 2 aromatic heterocycles. The Bertz CT molecular complexity index is 878. The summed E-state index contributed by atoms with van der Waals surface area (Å²) in [4.78, 5) is 28.3. The van der Waals surface area contributed by atoms with E-state index >= 15 is 0 Å². The summed E-state index contributed by atoms with van der Waals surface area (Å²) in [6, 6.07) is 9.11. The van der Waals surface area contributed by atoms with Crippen molar-refractivity contribution in [1.82, 2.24) is 10.3 Å². The van der Waals surface area contributed by atoms with Crippen molar-refractivity contribution in [2.75, 3.05) is 5.32 Å². The number of hydrogen-bond donors (Lipinski definition) is 2. The normalized spacial score (nSPS) is 10.4. The molecule has 2 N–H and O–H groups in total. The standard InChI is InChI=1S/C17H14ClN3O2S2/c18-14-4-2-1-3-11(14)8-19-15(22)7-13-10-25-17(20-13)21-16(23)12-5-6-24-9-12/h1-6,9-10H,7-8H2,(H,19,22)(H,20,21,23). The summed E-state index contributed by atoms with van der Waals surface area (Å²) in [5.74, 6) is -0.355. The molecule has 0 aliphatic heterocycles. The van der Waals surface area contributed by atoms with Crippen molar-refractivity contribution in [2.45, 2.75) is 13.0 Å². The smallest absolute Gasteiger partial charge is 0.258 e. The summed E-state index contributed by atoms with van der Waals surface area (Å²) in [7, 11) is 0. The number of thiophene rings is 1. The number of rotatable bonds is 6. The second kappa shape index (κ2) is 8.24. The molecule has 25 heavy (non-hydrogen) atoms. The topological polar surface area (TPSA) is 71.1 Å². The van der Waals surface area contributed by atoms with E-state index in [1.165, 1.54) is 22.7 Å². The van der Waals surface area contributed by atoms with Crippen molar-refractivity contribution in [2.24, 2.45) is 0 Å². The Kier molecular flexibility index (Phi) is 5.80. The lowest BCUT2D eigenvalue weighted by molar-refractivity contribution is -0.120. The maximum atomic E-state index is 12.0. The molecule has 0 fully saturated rings. The zero-order valence-electron chi connectivity index (χ0n) is 13.0. The average Bonchev–Trinajstić information content (AvgIpc) is 3.26. The first-order valence-electron chi connectivity index (χ1n) is 7.40. The third kappa shape index (κ3) is 4.88. The Morgan fingerprint density at radius 3 is 2.76 bits per heavy atom. The summed E-state index contributed by atoms with van der Waals surface area (Å²) in [5, 5.41) is 12.0. The van der Waals surface area contributed by atoms with Gasteiger partial charge in [0.15, 0.2) is 5.13 Å². The first kappa shape index (κ1) is 17.6. The van der Waals surface area contributed by atoms with Crippen molar-refractivity contribution in [3.8, 4) is 0 Å². The minimum Gasteiger partial charge on any atom is -0.352 e. The molecule has 2 heterocycles. The number of carbonyl (C=O) groups is 2. The monoisotopic (exact) mass is 391 g/mol. The number of hydrogen-bond acceptors (Lipinski definition) is 5. The van der Waals surface area contributed by atoms with Gasteiger partial charge in [0.25, 0.3) is 5.91 Å². The highest BCUT2D eigenvalue weighted by molar-refractivity contribution is 7.14. The van der Waals surface area contributed by atoms with Gasteiger partial charge >= 0.3 is 0 Å². The van der Waals surface area contributed by atoms with E-state index in [9.17, 15) is 9.59 Å². The summed E-state index contributed by atoms with van der Waals surface area (Å²) in [6.07, 6.45) is 0.148. The van der Waals surface area contributed by atoms with E-state index < -0.39 is 0 Å². The van der Waals surface area contributed by atoms with Gasteiger partial charge in [-0.05, 0) is 23.1 Å². The molecule has 0 aliphatic carbocycles. The third-order valence-electron chi connectivity index (χ3n) is 3.33. The highest BCUT2D eigenvalue weighted by Gasteiger charge is 2.11. The number of thiazole rings is 1. The number of halogens is 1. The molecule has 0 atom stereocenters. The van der Waals surface area contributed by atoms with Gasteiger partial charge in [0.1, 0.15) is 0 Å². The molecular weight excluding hydrogens is 378 g/mol. The largest absolute Gasteiger partial charge is 0.352 e. The summed E-state index contributed by atoms with van der Waals surface area (Å²) in [5.41, 5.74) is 2.07. The van der Waals surface area contributed by atoms with E-state index in [0.29, 0.717) is 28.0 Å². The molecule has 0 bridgehead atoms. The van der Waals surface area contributed by atoms with Crippen LogP contribution in [0.4, 0.5) is 5.13 Å². The fourth-order valence-electron chi connectivity index (χ4n) is 2.07. The lowest BCUT2D eigenvalue weighted by Gasteiger charge is -2.06. The number of aromatic nitrogens is 1. The Morgan fingerprint density at radius 2 is 2.00 bits per heavy atom. The molecule has 0 radical (unpaired) electrons. The SMILES string of the molecule is O=C(Cc1csc(NC(=O)c2ccsc2)n1)NCc1ccccc1Cl. The second-order valence-electron chi connectivity index (χ2n) is 5.16. The molecule has 0 saturated carbocycles. The molecule has 5 nitrogen and oxygen atoms in total. The number of nitrogens with zero attached hydrogens (tertiary/aromatic N) is 1. The fraction of sp³-hybridized carbons (Fsp3) is 0.118. The number of amides is 2. The highest BCUT2D eigenvalue weighted by atomic mass is 35.5. The molecule has 3 aromatic rings. The average molecular weight is 392 g/mol. The van der Waals surface area contributed by atoms with Crippen molar-refractivity contribution in [3.63, 3.8) is 0 Å². The molecule has 128 valence electrons. The Labute approximate surface area is 157 Å². The molecule has 1 aromatic carbocycles. The van der Waals surface area contributed by atoms with Crippen LogP contribution >= 0.6 is 34.3 Å². The van der Waals surface area contributed by atoms with Gasteiger partial charge in [-0.25, -0.2) is 4.98 Å². The molecule has 8 heteroatoms. The van der Waals surface area contributed by atoms with Gasteiger partial charge in [0, 0.05) is 22.3 Å². The first-order valence-corrected chi connectivity index (χ1v) is 9.60. The second-order valence-corrected chi connectivity index (χ2v) is 7.20. The van der Waals surface area contributed by atoms with Crippen molar-refractivity contribution in [3.05, 3.63) is 68.3 Å². The molecule has 0 saturated heterocycles. The van der Waals surface area contributed by atoms with Crippen molar-refractivity contribution in [1.29, 1.82) is 0 Å². The molecule has 0 unspecified atom stereocenters. The number of anilines is 1. The Hall–Kier alpha value is -2.22. The van der Waals surface area contributed by atoms with Crippen LogP contribution in [0, 0.1) is 0 Å². The first-order chi connectivity index (χ1) is 12.1. The highest BCUT2D eigenvalue weighted by Crippen LogP contribution is 2.18. The molecule has 2 amide bonds. The maximum absolute atomic E-state index is 12.0. The van der Waals surface area contributed by atoms with Crippen LogP contribution in [0.5, 0.6) is 0 Å². The van der Waals surface area contributed by atoms with Crippen LogP contribution in [0.3, 0.4) is 0 Å². The van der Waals surface area contributed by atoms with E-state index in [1.54, 1.807) is 22.9 Å². The molecule has 0 spiro atoms. The van der Waals surface area contributed by atoms with E-state index in [1.807, 2.05) is 23.6 Å². The number of nitrogens with one attached hydrogen (secondary N) is 2. The lowest BCUT2D eigenvalue weighted by Crippen LogP contribution is -2.24. The van der Waals surface area contributed by atoms with E-state index in [-0.39, 0.29) is 18.2 Å². The minimum absolute atomic E-state index is 0.148.